The van der Waals surface area contributed by atoms with Crippen molar-refractivity contribution in [3.05, 3.63) is 59.9 Å². The van der Waals surface area contributed by atoms with Gasteiger partial charge in [-0.05, 0) is 61.2 Å². The number of ether oxygens (including phenoxy) is 1. The Morgan fingerprint density at radius 2 is 1.86 bits per heavy atom. The lowest BCUT2D eigenvalue weighted by atomic mass is 9.99. The average molecular weight is 282 g/mol. The van der Waals surface area contributed by atoms with E-state index in [2.05, 4.69) is 53.6 Å². The van der Waals surface area contributed by atoms with Crippen molar-refractivity contribution in [2.24, 2.45) is 0 Å². The molecule has 1 N–H and O–H groups in total. The summed E-state index contributed by atoms with van der Waals surface area (Å²) in [4.78, 5) is 4.08. The zero-order valence-electron chi connectivity index (χ0n) is 12.5. The number of aromatic nitrogens is 1. The molecule has 0 amide bonds. The van der Waals surface area contributed by atoms with Gasteiger partial charge in [0.1, 0.15) is 5.75 Å². The number of benzene rings is 1. The Hall–Kier alpha value is -1.87. The molecule has 1 aromatic heterocycles. The van der Waals surface area contributed by atoms with Crippen molar-refractivity contribution in [1.29, 1.82) is 0 Å². The lowest BCUT2D eigenvalue weighted by Gasteiger charge is -2.19. The lowest BCUT2D eigenvalue weighted by molar-refractivity contribution is 0.303. The summed E-state index contributed by atoms with van der Waals surface area (Å²) in [5.74, 6) is 0.986. The molecule has 0 spiro atoms. The topological polar surface area (TPSA) is 34.2 Å². The van der Waals surface area contributed by atoms with Gasteiger partial charge in [-0.1, -0.05) is 19.1 Å². The zero-order valence-corrected chi connectivity index (χ0v) is 12.5. The van der Waals surface area contributed by atoms with Gasteiger partial charge in [-0.2, -0.15) is 0 Å². The lowest BCUT2D eigenvalue weighted by Crippen LogP contribution is -2.22. The third-order valence-corrected chi connectivity index (χ3v) is 3.75. The summed E-state index contributed by atoms with van der Waals surface area (Å²) in [5.41, 5.74) is 2.60. The van der Waals surface area contributed by atoms with Gasteiger partial charge in [0.2, 0.25) is 0 Å². The zero-order chi connectivity index (χ0) is 14.5. The molecule has 3 heteroatoms. The van der Waals surface area contributed by atoms with Crippen molar-refractivity contribution < 1.29 is 4.74 Å². The van der Waals surface area contributed by atoms with Crippen LogP contribution in [-0.4, -0.2) is 17.6 Å². The molecule has 1 aliphatic carbocycles. The minimum atomic E-state index is 0.326. The number of hydrogen-bond acceptors (Lipinski definition) is 3. The van der Waals surface area contributed by atoms with Gasteiger partial charge in [0.15, 0.2) is 0 Å². The number of nitrogens with one attached hydrogen (secondary N) is 1. The quantitative estimate of drug-likeness (QED) is 0.843. The van der Waals surface area contributed by atoms with E-state index in [-0.39, 0.29) is 0 Å². The summed E-state index contributed by atoms with van der Waals surface area (Å²) < 4.78 is 5.81. The van der Waals surface area contributed by atoms with Crippen molar-refractivity contribution in [1.82, 2.24) is 10.3 Å². The van der Waals surface area contributed by atoms with Crippen molar-refractivity contribution in [3.63, 3.8) is 0 Å². The Balaban J connectivity index is 1.70. The molecule has 1 heterocycles. The fraction of sp³-hybridized carbons (Fsp3) is 0.389. The van der Waals surface area contributed by atoms with E-state index in [0.29, 0.717) is 12.1 Å². The standard InChI is InChI=1S/C18H22N2O/c1-2-20-18(13-14-9-11-19-12-10-14)15-3-5-16(6-4-15)21-17-7-8-17/h3-6,9-12,17-18,20H,2,7-8,13H2,1H3. The van der Waals surface area contributed by atoms with Crippen LogP contribution in [0.25, 0.3) is 0 Å². The van der Waals surface area contributed by atoms with Crippen LogP contribution in [-0.2, 0) is 6.42 Å². The number of rotatable bonds is 7. The molecule has 21 heavy (non-hydrogen) atoms. The van der Waals surface area contributed by atoms with Crippen LogP contribution >= 0.6 is 0 Å². The smallest absolute Gasteiger partial charge is 0.119 e. The summed E-state index contributed by atoms with van der Waals surface area (Å²) in [5, 5.41) is 3.56. The predicted molar refractivity (Wildman–Crippen MR) is 84.5 cm³/mol. The minimum absolute atomic E-state index is 0.326. The molecule has 1 fully saturated rings. The molecule has 1 aliphatic rings. The van der Waals surface area contributed by atoms with E-state index in [4.69, 9.17) is 4.74 Å². The number of likely N-dealkylation sites (N-methyl/N-ethyl adjacent to an activating group) is 1. The van der Waals surface area contributed by atoms with Crippen molar-refractivity contribution >= 4 is 0 Å². The first kappa shape index (κ1) is 14.1. The highest BCUT2D eigenvalue weighted by atomic mass is 16.5. The second-order valence-electron chi connectivity index (χ2n) is 5.56. The molecular weight excluding hydrogens is 260 g/mol. The molecule has 0 aliphatic heterocycles. The fourth-order valence-corrected chi connectivity index (χ4v) is 2.47. The van der Waals surface area contributed by atoms with Gasteiger partial charge < -0.3 is 10.1 Å². The fourth-order valence-electron chi connectivity index (χ4n) is 2.47. The summed E-state index contributed by atoms with van der Waals surface area (Å²) in [6.45, 7) is 3.10. The maximum absolute atomic E-state index is 5.81. The molecule has 1 aromatic carbocycles. The maximum Gasteiger partial charge on any atom is 0.119 e. The number of nitrogens with zero attached hydrogens (tertiary/aromatic N) is 1. The van der Waals surface area contributed by atoms with Gasteiger partial charge in [0, 0.05) is 18.4 Å². The van der Waals surface area contributed by atoms with Crippen LogP contribution < -0.4 is 10.1 Å². The maximum atomic E-state index is 5.81. The normalized spacial score (nSPS) is 15.7. The third-order valence-electron chi connectivity index (χ3n) is 3.75. The van der Waals surface area contributed by atoms with Crippen molar-refractivity contribution in [2.75, 3.05) is 6.54 Å². The van der Waals surface area contributed by atoms with Crippen LogP contribution in [0.4, 0.5) is 0 Å². The molecule has 1 unspecified atom stereocenters. The van der Waals surface area contributed by atoms with E-state index in [1.54, 1.807) is 0 Å². The molecular formula is C18H22N2O. The van der Waals surface area contributed by atoms with Gasteiger partial charge >= 0.3 is 0 Å². The van der Waals surface area contributed by atoms with E-state index in [1.165, 1.54) is 24.0 Å². The Morgan fingerprint density at radius 1 is 1.14 bits per heavy atom. The molecule has 110 valence electrons. The second kappa shape index (κ2) is 6.72. The predicted octanol–water partition coefficient (Wildman–Crippen LogP) is 3.52. The summed E-state index contributed by atoms with van der Waals surface area (Å²) in [6, 6.07) is 13.0. The highest BCUT2D eigenvalue weighted by Crippen LogP contribution is 2.28. The van der Waals surface area contributed by atoms with E-state index in [1.807, 2.05) is 12.4 Å². The molecule has 3 nitrogen and oxygen atoms in total. The van der Waals surface area contributed by atoms with Crippen LogP contribution in [0, 0.1) is 0 Å². The van der Waals surface area contributed by atoms with Crippen LogP contribution in [0.2, 0.25) is 0 Å². The summed E-state index contributed by atoms with van der Waals surface area (Å²) >= 11 is 0. The Labute approximate surface area is 126 Å². The largest absolute Gasteiger partial charge is 0.490 e. The Bertz CT molecular complexity index is 549. The highest BCUT2D eigenvalue weighted by Gasteiger charge is 2.23. The van der Waals surface area contributed by atoms with Gasteiger partial charge in [-0.15, -0.1) is 0 Å². The first-order chi connectivity index (χ1) is 10.3. The van der Waals surface area contributed by atoms with Crippen molar-refractivity contribution in [2.45, 2.75) is 38.3 Å². The van der Waals surface area contributed by atoms with Gasteiger partial charge in [0.05, 0.1) is 6.10 Å². The van der Waals surface area contributed by atoms with E-state index in [9.17, 15) is 0 Å². The highest BCUT2D eigenvalue weighted by molar-refractivity contribution is 5.30. The molecule has 1 saturated carbocycles. The van der Waals surface area contributed by atoms with E-state index in [0.717, 1.165) is 18.7 Å². The second-order valence-corrected chi connectivity index (χ2v) is 5.56. The Kier molecular flexibility index (Phi) is 4.51. The molecule has 0 saturated heterocycles. The summed E-state index contributed by atoms with van der Waals surface area (Å²) in [7, 11) is 0. The van der Waals surface area contributed by atoms with E-state index >= 15 is 0 Å². The molecule has 0 radical (unpaired) electrons. The van der Waals surface area contributed by atoms with Crippen LogP contribution in [0.3, 0.4) is 0 Å². The third kappa shape index (κ3) is 4.05. The first-order valence-corrected chi connectivity index (χ1v) is 7.74. The average Bonchev–Trinajstić information content (AvgIpc) is 3.33. The van der Waals surface area contributed by atoms with Gasteiger partial charge in [-0.25, -0.2) is 0 Å². The molecule has 0 bridgehead atoms. The van der Waals surface area contributed by atoms with Crippen LogP contribution in [0.1, 0.15) is 36.9 Å². The van der Waals surface area contributed by atoms with Crippen LogP contribution in [0.5, 0.6) is 5.75 Å². The molecule has 2 aromatic rings. The number of pyridine rings is 1. The number of hydrogen-bond donors (Lipinski definition) is 1. The molecule has 1 atom stereocenters. The molecule has 3 rings (SSSR count). The minimum Gasteiger partial charge on any atom is -0.490 e. The van der Waals surface area contributed by atoms with Gasteiger partial charge in [0.25, 0.3) is 0 Å². The Morgan fingerprint density at radius 3 is 2.48 bits per heavy atom. The first-order valence-electron chi connectivity index (χ1n) is 7.74. The summed E-state index contributed by atoms with van der Waals surface area (Å²) in [6.07, 6.45) is 7.53. The van der Waals surface area contributed by atoms with E-state index < -0.39 is 0 Å². The monoisotopic (exact) mass is 282 g/mol. The van der Waals surface area contributed by atoms with Crippen LogP contribution in [0.15, 0.2) is 48.8 Å². The van der Waals surface area contributed by atoms with Gasteiger partial charge in [-0.3, -0.25) is 4.98 Å². The van der Waals surface area contributed by atoms with Crippen molar-refractivity contribution in [3.8, 4) is 5.75 Å². The SMILES string of the molecule is CCNC(Cc1ccncc1)c1ccc(OC2CC2)cc1.